The third-order valence-corrected chi connectivity index (χ3v) is 4.55. The summed E-state index contributed by atoms with van der Waals surface area (Å²) in [6.07, 6.45) is 0. The predicted octanol–water partition coefficient (Wildman–Crippen LogP) is 5.41. The molecule has 0 aliphatic heterocycles. The lowest BCUT2D eigenvalue weighted by atomic mass is 10.0. The third kappa shape index (κ3) is 4.12. The molecule has 3 heteroatoms. The van der Waals surface area contributed by atoms with Crippen LogP contribution in [0, 0.1) is 13.8 Å². The maximum Gasteiger partial charge on any atom is 0.246 e. The van der Waals surface area contributed by atoms with Crippen LogP contribution in [-0.4, -0.2) is 11.9 Å². The molecule has 0 fully saturated rings. The number of carbonyl (C=O) groups is 1. The van der Waals surface area contributed by atoms with Gasteiger partial charge in [0.05, 0.1) is 0 Å². The van der Waals surface area contributed by atoms with Crippen LogP contribution in [-0.2, 0) is 4.79 Å². The van der Waals surface area contributed by atoms with E-state index in [1.165, 1.54) is 11.1 Å². The molecule has 26 heavy (non-hydrogen) atoms. The number of para-hydroxylation sites is 1. The lowest BCUT2D eigenvalue weighted by molar-refractivity contribution is -0.116. The minimum absolute atomic E-state index is 0.0633. The minimum Gasteiger partial charge on any atom is -0.374 e. The molecule has 1 atom stereocenters. The first-order valence-corrected chi connectivity index (χ1v) is 8.83. The third-order valence-electron chi connectivity index (χ3n) is 4.55. The lowest BCUT2D eigenvalue weighted by Crippen LogP contribution is -2.32. The van der Waals surface area contributed by atoms with E-state index in [9.17, 15) is 4.79 Å². The van der Waals surface area contributed by atoms with Crippen LogP contribution in [0.25, 0.3) is 11.1 Å². The van der Waals surface area contributed by atoms with Crippen molar-refractivity contribution in [3.05, 3.63) is 83.9 Å². The van der Waals surface area contributed by atoms with E-state index in [-0.39, 0.29) is 11.9 Å². The highest BCUT2D eigenvalue weighted by Gasteiger charge is 2.15. The van der Waals surface area contributed by atoms with Crippen LogP contribution >= 0.6 is 0 Å². The van der Waals surface area contributed by atoms with Gasteiger partial charge in [-0.25, -0.2) is 0 Å². The summed E-state index contributed by atoms with van der Waals surface area (Å²) in [5.74, 6) is -0.0633. The summed E-state index contributed by atoms with van der Waals surface area (Å²) in [4.78, 5) is 12.7. The summed E-state index contributed by atoms with van der Waals surface area (Å²) < 4.78 is 0. The number of amides is 1. The van der Waals surface area contributed by atoms with Gasteiger partial charge in [-0.3, -0.25) is 4.79 Å². The van der Waals surface area contributed by atoms with E-state index in [0.29, 0.717) is 0 Å². The van der Waals surface area contributed by atoms with Gasteiger partial charge in [-0.15, -0.1) is 0 Å². The smallest absolute Gasteiger partial charge is 0.246 e. The van der Waals surface area contributed by atoms with E-state index in [4.69, 9.17) is 0 Å². The predicted molar refractivity (Wildman–Crippen MR) is 110 cm³/mol. The molecular weight excluding hydrogens is 320 g/mol. The molecule has 3 rings (SSSR count). The molecule has 0 unspecified atom stereocenters. The Bertz CT molecular complexity index is 903. The normalized spacial score (nSPS) is 11.7. The minimum atomic E-state index is -0.346. The second-order valence-corrected chi connectivity index (χ2v) is 6.57. The number of anilines is 2. The Morgan fingerprint density at radius 3 is 2.27 bits per heavy atom. The highest BCUT2D eigenvalue weighted by atomic mass is 16.2. The molecule has 0 saturated heterocycles. The maximum absolute atomic E-state index is 12.7. The first-order valence-electron chi connectivity index (χ1n) is 8.83. The van der Waals surface area contributed by atoms with E-state index < -0.39 is 0 Å². The zero-order valence-electron chi connectivity index (χ0n) is 15.4. The summed E-state index contributed by atoms with van der Waals surface area (Å²) in [5, 5.41) is 6.33. The van der Waals surface area contributed by atoms with Crippen molar-refractivity contribution in [2.24, 2.45) is 0 Å². The van der Waals surface area contributed by atoms with Gasteiger partial charge in [0.1, 0.15) is 6.04 Å². The highest BCUT2D eigenvalue weighted by molar-refractivity contribution is 5.99. The molecular formula is C23H24N2O. The lowest BCUT2D eigenvalue weighted by Gasteiger charge is -2.18. The molecule has 3 aromatic rings. The van der Waals surface area contributed by atoms with Gasteiger partial charge >= 0.3 is 0 Å². The summed E-state index contributed by atoms with van der Waals surface area (Å²) in [7, 11) is 0. The molecule has 3 aromatic carbocycles. The average Bonchev–Trinajstić information content (AvgIpc) is 2.66. The standard InChI is InChI=1S/C23H24N2O/c1-16-13-14-20(15-17(16)2)24-18(3)23(26)25-22-12-8-7-11-21(22)19-9-5-4-6-10-19/h4-15,18,24H,1-3H3,(H,25,26)/t18-/m0/s1. The molecule has 0 spiro atoms. The molecule has 0 aliphatic rings. The van der Waals surface area contributed by atoms with Crippen molar-refractivity contribution in [2.45, 2.75) is 26.8 Å². The van der Waals surface area contributed by atoms with Crippen LogP contribution < -0.4 is 10.6 Å². The van der Waals surface area contributed by atoms with Crippen molar-refractivity contribution < 1.29 is 4.79 Å². The Kier molecular flexibility index (Phi) is 5.37. The van der Waals surface area contributed by atoms with E-state index in [0.717, 1.165) is 22.5 Å². The zero-order valence-corrected chi connectivity index (χ0v) is 15.4. The zero-order chi connectivity index (χ0) is 18.5. The van der Waals surface area contributed by atoms with E-state index in [1.807, 2.05) is 67.6 Å². The van der Waals surface area contributed by atoms with Gasteiger partial charge in [0.25, 0.3) is 0 Å². The van der Waals surface area contributed by atoms with Gasteiger partial charge in [0, 0.05) is 16.9 Å². The first-order chi connectivity index (χ1) is 12.5. The SMILES string of the molecule is Cc1ccc(N[C@@H](C)C(=O)Nc2ccccc2-c2ccccc2)cc1C. The monoisotopic (exact) mass is 344 g/mol. The summed E-state index contributed by atoms with van der Waals surface area (Å²) in [6, 6.07) is 23.7. The molecule has 0 bridgehead atoms. The van der Waals surface area contributed by atoms with Crippen molar-refractivity contribution in [1.29, 1.82) is 0 Å². The molecule has 0 radical (unpaired) electrons. The van der Waals surface area contributed by atoms with Crippen LogP contribution in [0.15, 0.2) is 72.8 Å². The Balaban J connectivity index is 1.74. The summed E-state index contributed by atoms with van der Waals surface area (Å²) in [5.41, 5.74) is 6.31. The quantitative estimate of drug-likeness (QED) is 0.650. The van der Waals surface area contributed by atoms with Crippen LogP contribution in [0.1, 0.15) is 18.1 Å². The Hall–Kier alpha value is -3.07. The first kappa shape index (κ1) is 17.7. The van der Waals surface area contributed by atoms with Crippen LogP contribution in [0.5, 0.6) is 0 Å². The number of nitrogens with one attached hydrogen (secondary N) is 2. The van der Waals surface area contributed by atoms with Crippen molar-refractivity contribution in [3.63, 3.8) is 0 Å². The average molecular weight is 344 g/mol. The van der Waals surface area contributed by atoms with Gasteiger partial charge < -0.3 is 10.6 Å². The van der Waals surface area contributed by atoms with Crippen molar-refractivity contribution in [2.75, 3.05) is 10.6 Å². The molecule has 0 heterocycles. The van der Waals surface area contributed by atoms with E-state index in [2.05, 4.69) is 36.6 Å². The topological polar surface area (TPSA) is 41.1 Å². The van der Waals surface area contributed by atoms with Crippen LogP contribution in [0.4, 0.5) is 11.4 Å². The van der Waals surface area contributed by atoms with Crippen molar-refractivity contribution in [3.8, 4) is 11.1 Å². The van der Waals surface area contributed by atoms with Gasteiger partial charge in [0.15, 0.2) is 0 Å². The number of aryl methyl sites for hydroxylation is 2. The maximum atomic E-state index is 12.7. The molecule has 0 aromatic heterocycles. The molecule has 132 valence electrons. The number of benzene rings is 3. The second-order valence-electron chi connectivity index (χ2n) is 6.57. The number of hydrogen-bond acceptors (Lipinski definition) is 2. The van der Waals surface area contributed by atoms with Crippen molar-refractivity contribution >= 4 is 17.3 Å². The number of carbonyl (C=O) groups excluding carboxylic acids is 1. The molecule has 0 aliphatic carbocycles. The molecule has 0 saturated carbocycles. The van der Waals surface area contributed by atoms with Crippen molar-refractivity contribution in [1.82, 2.24) is 0 Å². The van der Waals surface area contributed by atoms with Gasteiger partial charge in [0.2, 0.25) is 5.91 Å². The molecule has 2 N–H and O–H groups in total. The van der Waals surface area contributed by atoms with Gasteiger partial charge in [-0.1, -0.05) is 54.6 Å². The Morgan fingerprint density at radius 1 is 0.846 bits per heavy atom. The van der Waals surface area contributed by atoms with Gasteiger partial charge in [-0.2, -0.15) is 0 Å². The second kappa shape index (κ2) is 7.87. The van der Waals surface area contributed by atoms with Crippen LogP contribution in [0.2, 0.25) is 0 Å². The Morgan fingerprint density at radius 2 is 1.54 bits per heavy atom. The molecule has 1 amide bonds. The summed E-state index contributed by atoms with van der Waals surface area (Å²) >= 11 is 0. The fourth-order valence-electron chi connectivity index (χ4n) is 2.85. The molecule has 3 nitrogen and oxygen atoms in total. The van der Waals surface area contributed by atoms with Crippen LogP contribution in [0.3, 0.4) is 0 Å². The number of hydrogen-bond donors (Lipinski definition) is 2. The highest BCUT2D eigenvalue weighted by Crippen LogP contribution is 2.27. The van der Waals surface area contributed by atoms with E-state index >= 15 is 0 Å². The fourth-order valence-corrected chi connectivity index (χ4v) is 2.85. The number of rotatable bonds is 5. The Labute approximate surface area is 155 Å². The van der Waals surface area contributed by atoms with E-state index in [1.54, 1.807) is 0 Å². The fraction of sp³-hybridized carbons (Fsp3) is 0.174. The largest absolute Gasteiger partial charge is 0.374 e. The van der Waals surface area contributed by atoms with Gasteiger partial charge in [-0.05, 0) is 55.7 Å². The summed E-state index contributed by atoms with van der Waals surface area (Å²) in [6.45, 7) is 6.02.